The van der Waals surface area contributed by atoms with Gasteiger partial charge in [-0.15, -0.1) is 0 Å². The summed E-state index contributed by atoms with van der Waals surface area (Å²) in [4.78, 5) is 21.9. The maximum atomic E-state index is 11.0. The first-order valence-corrected chi connectivity index (χ1v) is 4.70. The van der Waals surface area contributed by atoms with Crippen molar-refractivity contribution in [3.63, 3.8) is 0 Å². The van der Waals surface area contributed by atoms with Gasteiger partial charge in [-0.05, 0) is 34.9 Å². The molecule has 0 aromatic rings. The average molecular weight is 262 g/mol. The van der Waals surface area contributed by atoms with E-state index in [0.29, 0.717) is 10.0 Å². The molecule has 16 heavy (non-hydrogen) atoms. The summed E-state index contributed by atoms with van der Waals surface area (Å²) in [5.74, 6) is -1.11. The van der Waals surface area contributed by atoms with Gasteiger partial charge < -0.3 is 11.5 Å². The maximum Gasteiger partial charge on any atom is 0.247 e. The van der Waals surface area contributed by atoms with Gasteiger partial charge in [0.05, 0.1) is 0 Å². The third-order valence-electron chi connectivity index (χ3n) is 1.23. The van der Waals surface area contributed by atoms with Gasteiger partial charge in [-0.25, -0.2) is 0 Å². The fourth-order valence-electron chi connectivity index (χ4n) is 0.604. The Kier molecular flexibility index (Phi) is 5.39. The van der Waals surface area contributed by atoms with Gasteiger partial charge in [0.15, 0.2) is 10.2 Å². The highest BCUT2D eigenvalue weighted by Gasteiger charge is 2.14. The molecule has 0 aliphatic carbocycles. The highest BCUT2D eigenvalue weighted by atomic mass is 32.1. The summed E-state index contributed by atoms with van der Waals surface area (Å²) in [6.07, 6.45) is 0. The first-order chi connectivity index (χ1) is 7.27. The van der Waals surface area contributed by atoms with E-state index in [1.54, 1.807) is 0 Å². The van der Waals surface area contributed by atoms with E-state index in [-0.39, 0.29) is 10.2 Å². The fourth-order valence-corrected chi connectivity index (χ4v) is 0.935. The molecule has 0 aromatic carbocycles. The first-order valence-electron chi connectivity index (χ1n) is 3.89. The average Bonchev–Trinajstić information content (AvgIpc) is 2.09. The molecule has 0 bridgehead atoms. The fraction of sp³-hybridized carbons (Fsp3) is 0.333. The van der Waals surface area contributed by atoms with Gasteiger partial charge in [-0.1, -0.05) is 0 Å². The molecule has 0 spiro atoms. The molecule has 0 aliphatic heterocycles. The van der Waals surface area contributed by atoms with Crippen LogP contribution < -0.4 is 11.5 Å². The Labute approximate surface area is 102 Å². The quantitative estimate of drug-likeness (QED) is 0.392. The Morgan fingerprint density at radius 3 is 1.31 bits per heavy atom. The zero-order valence-corrected chi connectivity index (χ0v) is 10.2. The van der Waals surface area contributed by atoms with E-state index in [1.165, 1.54) is 13.8 Å². The van der Waals surface area contributed by atoms with Crippen molar-refractivity contribution in [1.29, 1.82) is 0 Å². The van der Waals surface area contributed by atoms with Crippen molar-refractivity contribution in [3.05, 3.63) is 0 Å². The summed E-state index contributed by atoms with van der Waals surface area (Å²) in [6.45, 7) is 2.36. The Morgan fingerprint density at radius 1 is 0.938 bits per heavy atom. The lowest BCUT2D eigenvalue weighted by atomic mass is 10.7. The van der Waals surface area contributed by atoms with Gasteiger partial charge in [0.2, 0.25) is 11.8 Å². The van der Waals surface area contributed by atoms with E-state index in [9.17, 15) is 9.59 Å². The lowest BCUT2D eigenvalue weighted by Gasteiger charge is -2.13. The van der Waals surface area contributed by atoms with Crippen molar-refractivity contribution in [1.82, 2.24) is 10.0 Å². The number of nitrogens with two attached hydrogens (primary N) is 2. The van der Waals surface area contributed by atoms with Gasteiger partial charge in [-0.3, -0.25) is 9.59 Å². The molecule has 0 heterocycles. The first kappa shape index (κ1) is 14.3. The molecule has 10 heteroatoms. The molecule has 0 atom stereocenters. The van der Waals surface area contributed by atoms with Crippen LogP contribution >= 0.6 is 24.4 Å². The second-order valence-electron chi connectivity index (χ2n) is 2.52. The highest BCUT2D eigenvalue weighted by Crippen LogP contribution is 1.97. The van der Waals surface area contributed by atoms with Crippen LogP contribution in [-0.4, -0.2) is 32.1 Å². The summed E-state index contributed by atoms with van der Waals surface area (Å²) < 4.78 is 0. The third-order valence-corrected chi connectivity index (χ3v) is 1.58. The van der Waals surface area contributed by atoms with Gasteiger partial charge in [0.25, 0.3) is 0 Å². The molecule has 0 saturated heterocycles. The molecule has 4 N–H and O–H groups in total. The van der Waals surface area contributed by atoms with Gasteiger partial charge in [-0.2, -0.15) is 10.0 Å². The number of carbonyl (C=O) groups is 2. The molecule has 8 nitrogen and oxygen atoms in total. The van der Waals surface area contributed by atoms with Crippen LogP contribution in [0.15, 0.2) is 10.4 Å². The highest BCUT2D eigenvalue weighted by molar-refractivity contribution is 7.80. The molecule has 0 unspecified atom stereocenters. The van der Waals surface area contributed by atoms with Crippen molar-refractivity contribution in [2.45, 2.75) is 13.8 Å². The minimum absolute atomic E-state index is 0.303. The molecule has 0 rings (SSSR count). The van der Waals surface area contributed by atoms with E-state index < -0.39 is 11.8 Å². The van der Waals surface area contributed by atoms with Crippen molar-refractivity contribution in [3.8, 4) is 0 Å². The number of nitrogens with zero attached hydrogens (tertiary/aromatic N) is 4. The number of amides is 2. The summed E-state index contributed by atoms with van der Waals surface area (Å²) in [5.41, 5.74) is 10.4. The normalized spacial score (nSPS) is 9.88. The van der Waals surface area contributed by atoms with Crippen LogP contribution in [0, 0.1) is 0 Å². The Hall–Kier alpha value is -1.68. The zero-order valence-electron chi connectivity index (χ0n) is 8.58. The molecular formula is C6H10N6O2S2. The lowest BCUT2D eigenvalue weighted by molar-refractivity contribution is -0.128. The number of hydrogen-bond donors (Lipinski definition) is 2. The van der Waals surface area contributed by atoms with Crippen LogP contribution in [0.3, 0.4) is 0 Å². The van der Waals surface area contributed by atoms with Crippen molar-refractivity contribution < 1.29 is 9.59 Å². The third kappa shape index (κ3) is 4.23. The van der Waals surface area contributed by atoms with E-state index in [2.05, 4.69) is 34.9 Å². The predicted octanol–water partition coefficient (Wildman–Crippen LogP) is -0.547. The van der Waals surface area contributed by atoms with Crippen molar-refractivity contribution >= 4 is 46.5 Å². The van der Waals surface area contributed by atoms with Crippen molar-refractivity contribution in [2.24, 2.45) is 21.9 Å². The minimum atomic E-state index is -0.553. The topological polar surface area (TPSA) is 117 Å². The van der Waals surface area contributed by atoms with E-state index >= 15 is 0 Å². The summed E-state index contributed by atoms with van der Waals surface area (Å²) in [6, 6.07) is 0. The number of hydrogen-bond acceptors (Lipinski definition) is 6. The smallest absolute Gasteiger partial charge is 0.247 e. The van der Waals surface area contributed by atoms with Crippen LogP contribution in [0.2, 0.25) is 0 Å². The van der Waals surface area contributed by atoms with Gasteiger partial charge in [0, 0.05) is 13.8 Å². The molecule has 0 radical (unpaired) electrons. The van der Waals surface area contributed by atoms with Crippen LogP contribution in [0.1, 0.15) is 13.8 Å². The Bertz CT molecular complexity index is 306. The second-order valence-corrected chi connectivity index (χ2v) is 3.35. The van der Waals surface area contributed by atoms with Crippen LogP contribution in [0.5, 0.6) is 0 Å². The number of thiocarbonyl (C=S) groups is 2. The monoisotopic (exact) mass is 262 g/mol. The second kappa shape index (κ2) is 6.02. The number of rotatable bonds is 2. The maximum absolute atomic E-state index is 11.0. The SMILES string of the molecule is CC(=O)N(/N=N/N(C(C)=O)C(N)=S)C(N)=S. The van der Waals surface area contributed by atoms with E-state index in [4.69, 9.17) is 11.5 Å². The van der Waals surface area contributed by atoms with Crippen LogP contribution in [0.25, 0.3) is 0 Å². The van der Waals surface area contributed by atoms with Crippen LogP contribution in [-0.2, 0) is 9.59 Å². The van der Waals surface area contributed by atoms with Gasteiger partial charge >= 0.3 is 0 Å². The summed E-state index contributed by atoms with van der Waals surface area (Å²) >= 11 is 9.08. The molecule has 2 amide bonds. The summed E-state index contributed by atoms with van der Waals surface area (Å²) in [7, 11) is 0. The molecule has 0 fully saturated rings. The molecule has 0 aromatic heterocycles. The molecule has 0 aliphatic rings. The summed E-state index contributed by atoms with van der Waals surface area (Å²) in [5, 5.41) is 7.34. The van der Waals surface area contributed by atoms with E-state index in [0.717, 1.165) is 0 Å². The lowest BCUT2D eigenvalue weighted by Crippen LogP contribution is -2.37. The molecular weight excluding hydrogens is 252 g/mol. The molecule has 0 saturated carbocycles. The largest absolute Gasteiger partial charge is 0.374 e. The van der Waals surface area contributed by atoms with E-state index in [1.807, 2.05) is 0 Å². The number of carbonyl (C=O) groups excluding carboxylic acids is 2. The van der Waals surface area contributed by atoms with Crippen molar-refractivity contribution in [2.75, 3.05) is 0 Å². The zero-order chi connectivity index (χ0) is 12.9. The molecule has 88 valence electrons. The Morgan fingerprint density at radius 2 is 1.19 bits per heavy atom. The standard InChI is InChI=1S/C6H10N6O2S2/c1-3(13)11(5(7)15)9-10-12(4(2)14)6(8)16/h1-2H3,(H2,7,15)(H2,8,16)/b10-9+. The Balaban J connectivity index is 4.90. The predicted molar refractivity (Wildman–Crippen MR) is 63.5 cm³/mol. The minimum Gasteiger partial charge on any atom is -0.374 e. The van der Waals surface area contributed by atoms with Gasteiger partial charge in [0.1, 0.15) is 0 Å². The van der Waals surface area contributed by atoms with Crippen LogP contribution in [0.4, 0.5) is 0 Å².